The minimum Gasteiger partial charge on any atom is -0.457 e. The van der Waals surface area contributed by atoms with Crippen molar-refractivity contribution < 1.29 is 43.9 Å². The number of ether oxygens (including phenoxy) is 4. The zero-order chi connectivity index (χ0) is 35.9. The Hall–Kier alpha value is -2.28. The van der Waals surface area contributed by atoms with E-state index in [4.69, 9.17) is 18.9 Å². The molecular weight excluding hydrogens is 628 g/mol. The van der Waals surface area contributed by atoms with E-state index >= 15 is 0 Å². The lowest BCUT2D eigenvalue weighted by Crippen LogP contribution is -2.47. The van der Waals surface area contributed by atoms with Crippen LogP contribution in [-0.4, -0.2) is 124 Å². The van der Waals surface area contributed by atoms with Gasteiger partial charge in [-0.1, -0.05) is 45.1 Å². The number of methoxy groups -OCH3 is 1. The highest BCUT2D eigenvalue weighted by atomic mass is 16.6. The quantitative estimate of drug-likeness (QED) is 0.123. The van der Waals surface area contributed by atoms with E-state index in [1.165, 1.54) is 12.8 Å². The molecule has 0 radical (unpaired) electrons. The Morgan fingerprint density at radius 2 is 1.94 bits per heavy atom. The number of rotatable bonds is 11. The van der Waals surface area contributed by atoms with Crippen molar-refractivity contribution in [2.75, 3.05) is 33.3 Å². The molecule has 49 heavy (non-hydrogen) atoms. The van der Waals surface area contributed by atoms with Gasteiger partial charge in [0.25, 0.3) is 0 Å². The monoisotopic (exact) mass is 690 g/mol. The van der Waals surface area contributed by atoms with Crippen LogP contribution >= 0.6 is 0 Å². The predicted molar refractivity (Wildman–Crippen MR) is 187 cm³/mol. The van der Waals surface area contributed by atoms with Gasteiger partial charge < -0.3 is 39.2 Å². The molecule has 10 atom stereocenters. The second-order valence-corrected chi connectivity index (χ2v) is 15.3. The van der Waals surface area contributed by atoms with E-state index in [9.17, 15) is 24.9 Å². The second kappa shape index (κ2) is 17.3. The zero-order valence-electron chi connectivity index (χ0n) is 30.8. The number of amides is 1. The number of aliphatic hydroxyl groups is 3. The molecule has 1 saturated carbocycles. The number of hydrogen-bond donors (Lipinski definition) is 3. The highest BCUT2D eigenvalue weighted by Gasteiger charge is 2.47. The Balaban J connectivity index is 1.47. The van der Waals surface area contributed by atoms with E-state index in [-0.39, 0.29) is 43.0 Å². The van der Waals surface area contributed by atoms with Crippen molar-refractivity contribution in [3.63, 3.8) is 0 Å². The van der Waals surface area contributed by atoms with Crippen LogP contribution in [0.5, 0.6) is 0 Å². The highest BCUT2D eigenvalue weighted by Crippen LogP contribution is 2.38. The molecule has 0 bridgehead atoms. The molecule has 278 valence electrons. The standard InChI is InChI=1S/C38H62N2O9/c1-8-30(42)27(4)35-31(47-35)24-37(5,45)17-9-11-25(2)34-26(3)12-15-32(38(6,46-7)18-16-29(41)23-33(43)49-34)48-36(44)40-20-10-19-39(21-22-40)28-13-14-28/h9,11-12,15,17,26-32,34-35,41-42,45H,8,10,13-14,16,18-24H2,1-7H3. The number of carbonyl (C=O) groups excluding carboxylic acids is 2. The Labute approximate surface area is 293 Å². The maximum atomic E-state index is 13.5. The SMILES string of the molecule is CCC(O)C(C)C1OC1CC(C)(O)C=CC=C(C)C1OC(=O)CC(O)CCC(C)(OC)C(OC(=O)N2CCCN(C3CC3)CC2)C=CC1C. The first kappa shape index (κ1) is 39.5. The zero-order valence-corrected chi connectivity index (χ0v) is 30.8. The van der Waals surface area contributed by atoms with Gasteiger partial charge in [0, 0.05) is 57.6 Å². The van der Waals surface area contributed by atoms with Crippen LogP contribution in [0.15, 0.2) is 36.0 Å². The Bertz CT molecular complexity index is 1200. The van der Waals surface area contributed by atoms with E-state index in [0.29, 0.717) is 38.4 Å². The van der Waals surface area contributed by atoms with Crippen LogP contribution in [0.25, 0.3) is 0 Å². The summed E-state index contributed by atoms with van der Waals surface area (Å²) in [6.45, 7) is 14.4. The van der Waals surface area contributed by atoms with Gasteiger partial charge in [-0.2, -0.15) is 0 Å². The van der Waals surface area contributed by atoms with Crippen LogP contribution in [-0.2, 0) is 23.7 Å². The molecule has 1 amide bonds. The summed E-state index contributed by atoms with van der Waals surface area (Å²) >= 11 is 0. The third-order valence-corrected chi connectivity index (χ3v) is 10.9. The maximum absolute atomic E-state index is 13.5. The average Bonchev–Trinajstić information content (AvgIpc) is 3.97. The molecule has 11 heteroatoms. The molecular formula is C38H62N2O9. The third kappa shape index (κ3) is 11.4. The molecule has 4 rings (SSSR count). The van der Waals surface area contributed by atoms with Crippen molar-refractivity contribution in [1.29, 1.82) is 0 Å². The van der Waals surface area contributed by atoms with Crippen molar-refractivity contribution in [2.24, 2.45) is 11.8 Å². The number of hydrogen-bond acceptors (Lipinski definition) is 10. The summed E-state index contributed by atoms with van der Waals surface area (Å²) < 4.78 is 23.8. The van der Waals surface area contributed by atoms with E-state index < -0.39 is 41.6 Å². The van der Waals surface area contributed by atoms with Gasteiger partial charge in [0.15, 0.2) is 6.10 Å². The van der Waals surface area contributed by atoms with Crippen molar-refractivity contribution in [3.8, 4) is 0 Å². The number of esters is 1. The molecule has 0 aromatic rings. The smallest absolute Gasteiger partial charge is 0.410 e. The molecule has 3 heterocycles. The number of aliphatic hydroxyl groups excluding tert-OH is 2. The molecule has 10 unspecified atom stereocenters. The molecule has 3 N–H and O–H groups in total. The first-order chi connectivity index (χ1) is 23.2. The lowest BCUT2D eigenvalue weighted by molar-refractivity contribution is -0.151. The van der Waals surface area contributed by atoms with Gasteiger partial charge in [-0.05, 0) is 70.9 Å². The number of nitrogens with zero attached hydrogens (tertiary/aromatic N) is 2. The van der Waals surface area contributed by atoms with Gasteiger partial charge in [0.05, 0.1) is 36.4 Å². The topological polar surface area (TPSA) is 142 Å². The van der Waals surface area contributed by atoms with Crippen molar-refractivity contribution in [3.05, 3.63) is 36.0 Å². The fourth-order valence-electron chi connectivity index (χ4n) is 7.12. The van der Waals surface area contributed by atoms with Gasteiger partial charge in [0.2, 0.25) is 0 Å². The lowest BCUT2D eigenvalue weighted by Gasteiger charge is -2.36. The average molecular weight is 691 g/mol. The van der Waals surface area contributed by atoms with Crippen LogP contribution in [0.2, 0.25) is 0 Å². The number of cyclic esters (lactones) is 1. The fourth-order valence-corrected chi connectivity index (χ4v) is 7.12. The molecule has 0 aromatic carbocycles. The molecule has 0 spiro atoms. The van der Waals surface area contributed by atoms with E-state index in [1.54, 1.807) is 31.1 Å². The van der Waals surface area contributed by atoms with Gasteiger partial charge in [-0.25, -0.2) is 4.79 Å². The molecule has 1 aliphatic carbocycles. The number of carbonyl (C=O) groups is 2. The van der Waals surface area contributed by atoms with E-state index in [2.05, 4.69) is 4.90 Å². The summed E-state index contributed by atoms with van der Waals surface area (Å²) in [7, 11) is 1.58. The molecule has 0 aromatic heterocycles. The summed E-state index contributed by atoms with van der Waals surface area (Å²) in [5, 5.41) is 32.0. The fraction of sp³-hybridized carbons (Fsp3) is 0.789. The Morgan fingerprint density at radius 3 is 2.61 bits per heavy atom. The van der Waals surface area contributed by atoms with Gasteiger partial charge >= 0.3 is 12.1 Å². The van der Waals surface area contributed by atoms with E-state index in [1.807, 2.05) is 52.8 Å². The summed E-state index contributed by atoms with van der Waals surface area (Å²) in [5.74, 6) is -0.825. The highest BCUT2D eigenvalue weighted by molar-refractivity contribution is 5.70. The van der Waals surface area contributed by atoms with Crippen LogP contribution in [0.3, 0.4) is 0 Å². The Kier molecular flexibility index (Phi) is 13.9. The van der Waals surface area contributed by atoms with Gasteiger partial charge in [-0.15, -0.1) is 0 Å². The molecule has 2 saturated heterocycles. The Morgan fingerprint density at radius 1 is 1.20 bits per heavy atom. The number of epoxide rings is 1. The van der Waals surface area contributed by atoms with Crippen molar-refractivity contribution >= 4 is 12.1 Å². The van der Waals surface area contributed by atoms with E-state index in [0.717, 1.165) is 25.1 Å². The summed E-state index contributed by atoms with van der Waals surface area (Å²) in [4.78, 5) is 30.8. The van der Waals surface area contributed by atoms with Crippen LogP contribution in [0.1, 0.15) is 92.9 Å². The van der Waals surface area contributed by atoms with Crippen LogP contribution in [0.4, 0.5) is 4.79 Å². The molecule has 11 nitrogen and oxygen atoms in total. The molecule has 4 aliphatic rings. The minimum absolute atomic E-state index is 0.00198. The lowest BCUT2D eigenvalue weighted by atomic mass is 9.88. The number of allylic oxidation sites excluding steroid dienone is 2. The van der Waals surface area contributed by atoms with Gasteiger partial charge in [-0.3, -0.25) is 9.69 Å². The third-order valence-electron chi connectivity index (χ3n) is 10.9. The van der Waals surface area contributed by atoms with Crippen LogP contribution < -0.4 is 0 Å². The maximum Gasteiger partial charge on any atom is 0.410 e. The summed E-state index contributed by atoms with van der Waals surface area (Å²) in [6, 6.07) is 0.651. The minimum atomic E-state index is -1.14. The first-order valence-corrected chi connectivity index (χ1v) is 18.4. The molecule has 3 aliphatic heterocycles. The molecule has 3 fully saturated rings. The van der Waals surface area contributed by atoms with Crippen molar-refractivity contribution in [1.82, 2.24) is 9.80 Å². The first-order valence-electron chi connectivity index (χ1n) is 18.4. The predicted octanol–water partition coefficient (Wildman–Crippen LogP) is 4.53. The summed E-state index contributed by atoms with van der Waals surface area (Å²) in [5.41, 5.74) is -1.33. The summed E-state index contributed by atoms with van der Waals surface area (Å²) in [6.07, 6.45) is 10.5. The second-order valence-electron chi connectivity index (χ2n) is 15.3. The normalized spacial score (nSPS) is 35.0. The van der Waals surface area contributed by atoms with Crippen LogP contribution in [0, 0.1) is 11.8 Å². The van der Waals surface area contributed by atoms with Gasteiger partial charge in [0.1, 0.15) is 11.7 Å². The van der Waals surface area contributed by atoms with Crippen molar-refractivity contribution in [2.45, 2.75) is 147 Å². The largest absolute Gasteiger partial charge is 0.457 e.